The van der Waals surface area contributed by atoms with Gasteiger partial charge in [0.15, 0.2) is 0 Å². The molecule has 1 atom stereocenters. The average molecular weight is 313 g/mol. The minimum atomic E-state index is 0.0441. The number of hydrogen-bond acceptors (Lipinski definition) is 3. The molecule has 1 amide bonds. The molecule has 1 unspecified atom stereocenters. The number of nitrogens with two attached hydrogens (primary N) is 1. The number of carbonyl (C=O) groups excluding carboxylic acids is 1. The molecule has 5 heteroatoms. The van der Waals surface area contributed by atoms with Crippen LogP contribution in [0, 0.1) is 0 Å². The number of hydrogen-bond donors (Lipinski definition) is 1. The number of benzene rings is 1. The minimum Gasteiger partial charge on any atom is -0.369 e. The van der Waals surface area contributed by atoms with E-state index in [-0.39, 0.29) is 18.6 Å². The first-order valence-electron chi connectivity index (χ1n) is 6.02. The molecule has 1 aliphatic heterocycles. The van der Waals surface area contributed by atoms with E-state index in [4.69, 9.17) is 10.5 Å². The first-order valence-corrected chi connectivity index (χ1v) is 6.81. The molecule has 4 nitrogen and oxygen atoms in total. The van der Waals surface area contributed by atoms with E-state index >= 15 is 0 Å². The van der Waals surface area contributed by atoms with E-state index in [1.54, 1.807) is 0 Å². The van der Waals surface area contributed by atoms with Gasteiger partial charge in [-0.15, -0.1) is 0 Å². The van der Waals surface area contributed by atoms with Crippen molar-refractivity contribution in [3.8, 4) is 0 Å². The van der Waals surface area contributed by atoms with Gasteiger partial charge in [-0.3, -0.25) is 4.79 Å². The molecule has 18 heavy (non-hydrogen) atoms. The topological polar surface area (TPSA) is 55.6 Å². The predicted molar refractivity (Wildman–Crippen MR) is 73.0 cm³/mol. The van der Waals surface area contributed by atoms with Crippen molar-refractivity contribution in [2.45, 2.75) is 19.0 Å². The minimum absolute atomic E-state index is 0.0441. The summed E-state index contributed by atoms with van der Waals surface area (Å²) in [4.78, 5) is 13.8. The Balaban J connectivity index is 2.08. The highest BCUT2D eigenvalue weighted by Crippen LogP contribution is 2.17. The molecule has 1 aliphatic rings. The molecule has 1 fully saturated rings. The molecule has 2 rings (SSSR count). The number of ether oxygens (including phenoxy) is 1. The largest absolute Gasteiger partial charge is 0.369 e. The monoisotopic (exact) mass is 312 g/mol. The van der Waals surface area contributed by atoms with Crippen LogP contribution in [0.5, 0.6) is 0 Å². The smallest absolute Gasteiger partial charge is 0.249 e. The van der Waals surface area contributed by atoms with E-state index in [0.717, 1.165) is 16.5 Å². The number of halogens is 1. The molecule has 1 aromatic rings. The van der Waals surface area contributed by atoms with Crippen LogP contribution in [-0.4, -0.2) is 36.6 Å². The van der Waals surface area contributed by atoms with Gasteiger partial charge in [-0.1, -0.05) is 28.1 Å². The lowest BCUT2D eigenvalue weighted by Gasteiger charge is -2.35. The Morgan fingerprint density at radius 3 is 2.78 bits per heavy atom. The summed E-state index contributed by atoms with van der Waals surface area (Å²) in [6.45, 7) is 1.95. The van der Waals surface area contributed by atoms with Crippen LogP contribution in [0.1, 0.15) is 12.0 Å². The van der Waals surface area contributed by atoms with Gasteiger partial charge in [0.25, 0.3) is 0 Å². The van der Waals surface area contributed by atoms with E-state index in [1.807, 2.05) is 29.2 Å². The third kappa shape index (κ3) is 3.31. The Morgan fingerprint density at radius 1 is 1.39 bits per heavy atom. The zero-order chi connectivity index (χ0) is 13.0. The predicted octanol–water partition coefficient (Wildman–Crippen LogP) is 1.53. The molecule has 1 saturated heterocycles. The Kier molecular flexibility index (Phi) is 4.74. The number of amides is 1. The standard InChI is InChI=1S/C13H17BrN2O2/c14-11-3-1-10(2-4-11)7-16-12(5-6-15)8-18-9-13(16)17/h1-4,12H,5-9,15H2. The normalized spacial score (nSPS) is 20.2. The fraction of sp³-hybridized carbons (Fsp3) is 0.462. The summed E-state index contributed by atoms with van der Waals surface area (Å²) >= 11 is 3.40. The van der Waals surface area contributed by atoms with Gasteiger partial charge in [0.1, 0.15) is 6.61 Å². The molecule has 2 N–H and O–H groups in total. The quantitative estimate of drug-likeness (QED) is 0.917. The summed E-state index contributed by atoms with van der Waals surface area (Å²) in [5.74, 6) is 0.0441. The number of morpholine rings is 1. The second kappa shape index (κ2) is 6.31. The van der Waals surface area contributed by atoms with Crippen LogP contribution in [0.3, 0.4) is 0 Å². The van der Waals surface area contributed by atoms with E-state index in [2.05, 4.69) is 15.9 Å². The van der Waals surface area contributed by atoms with Gasteiger partial charge in [-0.25, -0.2) is 0 Å². The van der Waals surface area contributed by atoms with Crippen LogP contribution in [0.4, 0.5) is 0 Å². The lowest BCUT2D eigenvalue weighted by atomic mass is 10.1. The van der Waals surface area contributed by atoms with Crippen molar-refractivity contribution in [2.24, 2.45) is 5.73 Å². The Morgan fingerprint density at radius 2 is 2.11 bits per heavy atom. The molecule has 0 bridgehead atoms. The van der Waals surface area contributed by atoms with Crippen LogP contribution in [0.15, 0.2) is 28.7 Å². The van der Waals surface area contributed by atoms with Crippen LogP contribution in [-0.2, 0) is 16.1 Å². The molecule has 0 aliphatic carbocycles. The molecule has 1 aromatic carbocycles. The molecular formula is C13H17BrN2O2. The molecule has 0 aromatic heterocycles. The maximum atomic E-state index is 11.9. The molecule has 1 heterocycles. The highest BCUT2D eigenvalue weighted by Gasteiger charge is 2.27. The third-order valence-corrected chi connectivity index (χ3v) is 3.59. The van der Waals surface area contributed by atoms with Crippen LogP contribution in [0.25, 0.3) is 0 Å². The summed E-state index contributed by atoms with van der Waals surface area (Å²) < 4.78 is 6.32. The van der Waals surface area contributed by atoms with Crippen molar-refractivity contribution < 1.29 is 9.53 Å². The van der Waals surface area contributed by atoms with Crippen molar-refractivity contribution in [2.75, 3.05) is 19.8 Å². The Labute approximate surface area is 115 Å². The van der Waals surface area contributed by atoms with Gasteiger partial charge in [-0.05, 0) is 30.7 Å². The lowest BCUT2D eigenvalue weighted by molar-refractivity contribution is -0.149. The zero-order valence-electron chi connectivity index (χ0n) is 10.1. The van der Waals surface area contributed by atoms with Crippen LogP contribution in [0.2, 0.25) is 0 Å². The van der Waals surface area contributed by atoms with Gasteiger partial charge >= 0.3 is 0 Å². The second-order valence-corrected chi connectivity index (χ2v) is 5.31. The Hall–Kier alpha value is -0.910. The number of rotatable bonds is 4. The molecule has 0 radical (unpaired) electrons. The van der Waals surface area contributed by atoms with Crippen molar-refractivity contribution in [1.29, 1.82) is 0 Å². The highest BCUT2D eigenvalue weighted by atomic mass is 79.9. The average Bonchev–Trinajstić information content (AvgIpc) is 2.36. The summed E-state index contributed by atoms with van der Waals surface area (Å²) in [5, 5.41) is 0. The van der Waals surface area contributed by atoms with E-state index in [9.17, 15) is 4.79 Å². The Bertz CT molecular complexity index is 406. The van der Waals surface area contributed by atoms with Gasteiger partial charge in [0.2, 0.25) is 5.91 Å². The number of nitrogens with zero attached hydrogens (tertiary/aromatic N) is 1. The number of carbonyl (C=O) groups is 1. The van der Waals surface area contributed by atoms with Gasteiger partial charge in [0.05, 0.1) is 12.6 Å². The molecule has 0 spiro atoms. The molecule has 0 saturated carbocycles. The van der Waals surface area contributed by atoms with Crippen LogP contribution < -0.4 is 5.73 Å². The summed E-state index contributed by atoms with van der Waals surface area (Å²) in [6, 6.07) is 8.11. The van der Waals surface area contributed by atoms with Gasteiger partial charge in [0, 0.05) is 11.0 Å². The fourth-order valence-electron chi connectivity index (χ4n) is 2.09. The third-order valence-electron chi connectivity index (χ3n) is 3.06. The van der Waals surface area contributed by atoms with E-state index in [1.165, 1.54) is 0 Å². The molecular weight excluding hydrogens is 296 g/mol. The first-order chi connectivity index (χ1) is 8.70. The van der Waals surface area contributed by atoms with Crippen molar-refractivity contribution in [1.82, 2.24) is 4.90 Å². The lowest BCUT2D eigenvalue weighted by Crippen LogP contribution is -2.49. The summed E-state index contributed by atoms with van der Waals surface area (Å²) in [5.41, 5.74) is 6.70. The SMILES string of the molecule is NCCC1COCC(=O)N1Cc1ccc(Br)cc1. The van der Waals surface area contributed by atoms with Crippen molar-refractivity contribution >= 4 is 21.8 Å². The van der Waals surface area contributed by atoms with Crippen molar-refractivity contribution in [3.05, 3.63) is 34.3 Å². The molecule has 98 valence electrons. The van der Waals surface area contributed by atoms with Gasteiger partial charge < -0.3 is 15.4 Å². The maximum absolute atomic E-state index is 11.9. The summed E-state index contributed by atoms with van der Waals surface area (Å²) in [6.07, 6.45) is 0.780. The summed E-state index contributed by atoms with van der Waals surface area (Å²) in [7, 11) is 0. The van der Waals surface area contributed by atoms with E-state index in [0.29, 0.717) is 19.7 Å². The van der Waals surface area contributed by atoms with Gasteiger partial charge in [-0.2, -0.15) is 0 Å². The first kappa shape index (κ1) is 13.5. The second-order valence-electron chi connectivity index (χ2n) is 4.39. The van der Waals surface area contributed by atoms with Crippen LogP contribution >= 0.6 is 15.9 Å². The fourth-order valence-corrected chi connectivity index (χ4v) is 2.36. The maximum Gasteiger partial charge on any atom is 0.249 e. The zero-order valence-corrected chi connectivity index (χ0v) is 11.7. The van der Waals surface area contributed by atoms with E-state index < -0.39 is 0 Å². The van der Waals surface area contributed by atoms with Crippen molar-refractivity contribution in [3.63, 3.8) is 0 Å². The highest BCUT2D eigenvalue weighted by molar-refractivity contribution is 9.10.